The van der Waals surface area contributed by atoms with E-state index in [1.807, 2.05) is 0 Å². The van der Waals surface area contributed by atoms with Crippen molar-refractivity contribution >= 4 is 52.8 Å². The first-order valence-electron chi connectivity index (χ1n) is 10.5. The molecule has 0 aliphatic carbocycles. The van der Waals surface area contributed by atoms with Gasteiger partial charge in [-0.3, -0.25) is 19.2 Å². The average molecular weight is 510 g/mol. The lowest BCUT2D eigenvalue weighted by Gasteiger charge is -2.19. The number of esters is 1. The second-order valence-electron chi connectivity index (χ2n) is 8.13. The molecule has 0 aliphatic rings. The number of hydrogen-bond acceptors (Lipinski definition) is 10. The Hall–Kier alpha value is -3.05. The number of ether oxygens (including phenoxy) is 3. The van der Waals surface area contributed by atoms with Crippen LogP contribution in [0.4, 0.5) is 4.79 Å². The van der Waals surface area contributed by atoms with Crippen LogP contribution < -0.4 is 5.32 Å². The third-order valence-electron chi connectivity index (χ3n) is 4.13. The van der Waals surface area contributed by atoms with Gasteiger partial charge in [0.25, 0.3) is 6.47 Å². The van der Waals surface area contributed by atoms with Crippen molar-refractivity contribution in [3.05, 3.63) is 34.0 Å². The lowest BCUT2D eigenvalue weighted by molar-refractivity contribution is -0.142. The summed E-state index contributed by atoms with van der Waals surface area (Å²) in [4.78, 5) is 60.4. The molecule has 1 amide bonds. The van der Waals surface area contributed by atoms with Crippen LogP contribution in [-0.2, 0) is 23.8 Å². The van der Waals surface area contributed by atoms with Gasteiger partial charge in [0.2, 0.25) is 11.6 Å². The van der Waals surface area contributed by atoms with E-state index in [0.717, 1.165) is 9.75 Å². The van der Waals surface area contributed by atoms with Gasteiger partial charge in [0, 0.05) is 22.7 Å². The summed E-state index contributed by atoms with van der Waals surface area (Å²) in [7, 11) is 0. The Morgan fingerprint density at radius 1 is 0.912 bits per heavy atom. The maximum Gasteiger partial charge on any atom is 0.407 e. The standard InChI is InChI=1S/C23H27NO8S2/c1-23(2,3)32-22(29)24-11-5-4-6-21(28)31-13-16(27)18-8-10-20(34-18)19-9-7-17(33-19)15(26)12-30-14-25/h7-10,14H,4-6,11-13H2,1-3H3,(H,24,29). The number of carbonyl (C=O) groups excluding carboxylic acids is 5. The van der Waals surface area contributed by atoms with Crippen molar-refractivity contribution in [2.45, 2.75) is 45.6 Å². The minimum absolute atomic E-state index is 0.138. The quantitative estimate of drug-likeness (QED) is 0.140. The highest BCUT2D eigenvalue weighted by molar-refractivity contribution is 7.23. The minimum Gasteiger partial charge on any atom is -0.459 e. The van der Waals surface area contributed by atoms with Gasteiger partial charge < -0.3 is 19.5 Å². The molecule has 0 saturated carbocycles. The van der Waals surface area contributed by atoms with Crippen molar-refractivity contribution in [1.29, 1.82) is 0 Å². The summed E-state index contributed by atoms with van der Waals surface area (Å²) < 4.78 is 14.7. The Morgan fingerprint density at radius 2 is 1.50 bits per heavy atom. The summed E-state index contributed by atoms with van der Waals surface area (Å²) in [5, 5.41) is 2.61. The highest BCUT2D eigenvalue weighted by Gasteiger charge is 2.17. The minimum atomic E-state index is -0.567. The molecule has 1 N–H and O–H groups in total. The van der Waals surface area contributed by atoms with Gasteiger partial charge in [-0.15, -0.1) is 22.7 Å². The fourth-order valence-corrected chi connectivity index (χ4v) is 4.56. The van der Waals surface area contributed by atoms with Crippen LogP contribution in [0.1, 0.15) is 59.4 Å². The first kappa shape index (κ1) is 27.2. The second-order valence-corrected chi connectivity index (χ2v) is 10.3. The number of amides is 1. The number of carbonyl (C=O) groups is 5. The summed E-state index contributed by atoms with van der Waals surface area (Å²) in [6, 6.07) is 6.81. The Labute approximate surface area is 205 Å². The largest absolute Gasteiger partial charge is 0.459 e. The lowest BCUT2D eigenvalue weighted by Crippen LogP contribution is -2.33. The zero-order chi connectivity index (χ0) is 25.1. The molecular formula is C23H27NO8S2. The van der Waals surface area contributed by atoms with Crippen LogP contribution in [0.3, 0.4) is 0 Å². The summed E-state index contributed by atoms with van der Waals surface area (Å²) in [5.74, 6) is -1.10. The van der Waals surface area contributed by atoms with Gasteiger partial charge in [0.15, 0.2) is 13.2 Å². The summed E-state index contributed by atoms with van der Waals surface area (Å²) in [5.41, 5.74) is -0.567. The molecule has 184 valence electrons. The number of alkyl carbamates (subject to hydrolysis) is 1. The van der Waals surface area contributed by atoms with Crippen LogP contribution in [0.15, 0.2) is 24.3 Å². The molecule has 0 bridgehead atoms. The van der Waals surface area contributed by atoms with Crippen LogP contribution in [0.5, 0.6) is 0 Å². The molecule has 0 unspecified atom stereocenters. The molecule has 2 aromatic rings. The van der Waals surface area contributed by atoms with Gasteiger partial charge in [0.05, 0.1) is 9.75 Å². The van der Waals surface area contributed by atoms with Crippen molar-refractivity contribution in [2.75, 3.05) is 19.8 Å². The third-order valence-corrected chi connectivity index (χ3v) is 6.58. The van der Waals surface area contributed by atoms with Crippen molar-refractivity contribution in [1.82, 2.24) is 5.32 Å². The topological polar surface area (TPSA) is 125 Å². The molecule has 0 fully saturated rings. The first-order chi connectivity index (χ1) is 16.1. The number of hydrogen-bond donors (Lipinski definition) is 1. The predicted octanol–water partition coefficient (Wildman–Crippen LogP) is 4.25. The van der Waals surface area contributed by atoms with Crippen molar-refractivity contribution < 1.29 is 38.2 Å². The molecule has 2 heterocycles. The van der Waals surface area contributed by atoms with E-state index in [9.17, 15) is 24.0 Å². The fourth-order valence-electron chi connectivity index (χ4n) is 2.61. The number of rotatable bonds is 13. The normalized spacial score (nSPS) is 10.9. The number of ketones is 2. The fraction of sp³-hybridized carbons (Fsp3) is 0.435. The zero-order valence-electron chi connectivity index (χ0n) is 19.2. The highest BCUT2D eigenvalue weighted by Crippen LogP contribution is 2.34. The zero-order valence-corrected chi connectivity index (χ0v) is 20.8. The summed E-state index contributed by atoms with van der Waals surface area (Å²) >= 11 is 2.48. The van der Waals surface area contributed by atoms with Crippen LogP contribution >= 0.6 is 22.7 Å². The van der Waals surface area contributed by atoms with E-state index in [2.05, 4.69) is 10.1 Å². The van der Waals surface area contributed by atoms with Gasteiger partial charge in [-0.2, -0.15) is 0 Å². The highest BCUT2D eigenvalue weighted by atomic mass is 32.1. The number of nitrogens with one attached hydrogen (secondary N) is 1. The maximum absolute atomic E-state index is 12.4. The summed E-state index contributed by atoms with van der Waals surface area (Å²) in [6.07, 6.45) is 0.707. The molecule has 2 rings (SSSR count). The maximum atomic E-state index is 12.4. The van der Waals surface area contributed by atoms with Gasteiger partial charge in [-0.25, -0.2) is 4.79 Å². The lowest BCUT2D eigenvalue weighted by atomic mass is 10.2. The van der Waals surface area contributed by atoms with E-state index in [0.29, 0.717) is 29.1 Å². The van der Waals surface area contributed by atoms with Crippen LogP contribution in [0, 0.1) is 0 Å². The molecule has 0 saturated heterocycles. The van der Waals surface area contributed by atoms with E-state index in [-0.39, 0.29) is 37.7 Å². The molecule has 34 heavy (non-hydrogen) atoms. The van der Waals surface area contributed by atoms with Crippen LogP contribution in [0.2, 0.25) is 0 Å². The molecule has 0 spiro atoms. The van der Waals surface area contributed by atoms with Gasteiger partial charge in [-0.1, -0.05) is 0 Å². The molecule has 9 nitrogen and oxygen atoms in total. The van der Waals surface area contributed by atoms with E-state index >= 15 is 0 Å². The Balaban J connectivity index is 1.71. The van der Waals surface area contributed by atoms with Gasteiger partial charge in [0.1, 0.15) is 5.60 Å². The van der Waals surface area contributed by atoms with Crippen molar-refractivity contribution in [3.63, 3.8) is 0 Å². The van der Waals surface area contributed by atoms with Gasteiger partial charge >= 0.3 is 12.1 Å². The average Bonchev–Trinajstić information content (AvgIpc) is 3.44. The van der Waals surface area contributed by atoms with Crippen LogP contribution in [0.25, 0.3) is 9.75 Å². The number of Topliss-reactive ketones (excluding diaryl/α,β-unsaturated/α-hetero) is 2. The molecule has 0 aliphatic heterocycles. The van der Waals surface area contributed by atoms with Crippen molar-refractivity contribution in [2.24, 2.45) is 0 Å². The van der Waals surface area contributed by atoms with Gasteiger partial charge in [-0.05, 0) is 57.9 Å². The van der Waals surface area contributed by atoms with E-state index < -0.39 is 17.7 Å². The Morgan fingerprint density at radius 3 is 2.06 bits per heavy atom. The molecular weight excluding hydrogens is 482 g/mol. The van der Waals surface area contributed by atoms with E-state index in [1.54, 1.807) is 45.0 Å². The van der Waals surface area contributed by atoms with E-state index in [4.69, 9.17) is 9.47 Å². The monoisotopic (exact) mass is 509 g/mol. The molecule has 0 aromatic carbocycles. The number of unbranched alkanes of at least 4 members (excludes halogenated alkanes) is 1. The predicted molar refractivity (Wildman–Crippen MR) is 127 cm³/mol. The number of thiophene rings is 2. The SMILES string of the molecule is CC(C)(C)OC(=O)NCCCCC(=O)OCC(=O)c1ccc(-c2ccc(C(=O)COC=O)s2)s1. The van der Waals surface area contributed by atoms with Crippen LogP contribution in [-0.4, -0.2) is 55.5 Å². The smallest absolute Gasteiger partial charge is 0.407 e. The molecule has 11 heteroatoms. The Kier molecular flexibility index (Phi) is 10.4. The van der Waals surface area contributed by atoms with E-state index in [1.165, 1.54) is 22.7 Å². The third kappa shape index (κ3) is 9.44. The first-order valence-corrected chi connectivity index (χ1v) is 12.2. The second kappa shape index (κ2) is 13.0. The molecule has 2 aromatic heterocycles. The Bertz CT molecular complexity index is 1020. The molecule has 0 atom stereocenters. The summed E-state index contributed by atoms with van der Waals surface area (Å²) in [6.45, 7) is 5.25. The van der Waals surface area contributed by atoms with Crippen molar-refractivity contribution in [3.8, 4) is 9.75 Å². The molecule has 0 radical (unpaired) electrons.